The van der Waals surface area contributed by atoms with E-state index in [0.29, 0.717) is 31.8 Å². The molecule has 1 fully saturated rings. The van der Waals surface area contributed by atoms with Crippen LogP contribution in [0, 0.1) is 11.6 Å². The van der Waals surface area contributed by atoms with Gasteiger partial charge in [-0.15, -0.1) is 0 Å². The van der Waals surface area contributed by atoms with Crippen molar-refractivity contribution in [2.75, 3.05) is 19.8 Å². The van der Waals surface area contributed by atoms with E-state index in [-0.39, 0.29) is 6.04 Å². The molecule has 0 spiro atoms. The molecule has 1 saturated heterocycles. The fourth-order valence-electron chi connectivity index (χ4n) is 2.73. The maximum absolute atomic E-state index is 13.2. The van der Waals surface area contributed by atoms with Gasteiger partial charge in [-0.2, -0.15) is 0 Å². The lowest BCUT2D eigenvalue weighted by Gasteiger charge is -2.41. The highest BCUT2D eigenvalue weighted by molar-refractivity contribution is 5.20. The maximum Gasteiger partial charge on any atom is 0.159 e. The van der Waals surface area contributed by atoms with Crippen molar-refractivity contribution in [3.8, 4) is 0 Å². The molecule has 1 aromatic carbocycles. The standard InChI is InChI=1S/C15H21F2NO2/c1-2-20-15(5-7-19-8-6-15)14(18)10-11-3-4-12(16)13(17)9-11/h3-4,9,14H,2,5-8,10,18H2,1H3. The van der Waals surface area contributed by atoms with E-state index in [1.807, 2.05) is 6.92 Å². The fourth-order valence-corrected chi connectivity index (χ4v) is 2.73. The van der Waals surface area contributed by atoms with Gasteiger partial charge in [0.05, 0.1) is 5.60 Å². The van der Waals surface area contributed by atoms with Crippen LogP contribution in [0.25, 0.3) is 0 Å². The monoisotopic (exact) mass is 285 g/mol. The summed E-state index contributed by atoms with van der Waals surface area (Å²) in [5.41, 5.74) is 6.54. The Bertz CT molecular complexity index is 442. The average molecular weight is 285 g/mol. The van der Waals surface area contributed by atoms with Gasteiger partial charge in [0, 0.05) is 38.7 Å². The molecular weight excluding hydrogens is 264 g/mol. The zero-order chi connectivity index (χ0) is 14.6. The van der Waals surface area contributed by atoms with Crippen molar-refractivity contribution in [2.45, 2.75) is 37.8 Å². The lowest BCUT2D eigenvalue weighted by atomic mass is 9.83. The lowest BCUT2D eigenvalue weighted by molar-refractivity contribution is -0.120. The molecule has 5 heteroatoms. The molecule has 1 aromatic rings. The van der Waals surface area contributed by atoms with Crippen molar-refractivity contribution in [3.05, 3.63) is 35.4 Å². The maximum atomic E-state index is 13.2. The number of rotatable bonds is 5. The summed E-state index contributed by atoms with van der Waals surface area (Å²) in [7, 11) is 0. The number of ether oxygens (including phenoxy) is 2. The first-order valence-electron chi connectivity index (χ1n) is 6.98. The third-order valence-electron chi connectivity index (χ3n) is 3.89. The molecule has 1 atom stereocenters. The van der Waals surface area contributed by atoms with Gasteiger partial charge in [-0.25, -0.2) is 8.78 Å². The fraction of sp³-hybridized carbons (Fsp3) is 0.600. The van der Waals surface area contributed by atoms with Gasteiger partial charge >= 0.3 is 0 Å². The Morgan fingerprint density at radius 2 is 2.00 bits per heavy atom. The van der Waals surface area contributed by atoms with Crippen molar-refractivity contribution >= 4 is 0 Å². The molecule has 112 valence electrons. The third kappa shape index (κ3) is 3.34. The zero-order valence-electron chi connectivity index (χ0n) is 11.7. The first kappa shape index (κ1) is 15.4. The summed E-state index contributed by atoms with van der Waals surface area (Å²) < 4.78 is 37.4. The second kappa shape index (κ2) is 6.61. The van der Waals surface area contributed by atoms with Crippen LogP contribution in [-0.4, -0.2) is 31.5 Å². The molecule has 1 aliphatic rings. The highest BCUT2D eigenvalue weighted by Gasteiger charge is 2.39. The van der Waals surface area contributed by atoms with E-state index >= 15 is 0 Å². The van der Waals surface area contributed by atoms with E-state index in [1.165, 1.54) is 6.07 Å². The summed E-state index contributed by atoms with van der Waals surface area (Å²) in [5.74, 6) is -1.68. The number of nitrogens with two attached hydrogens (primary N) is 1. The van der Waals surface area contributed by atoms with E-state index in [1.54, 1.807) is 6.07 Å². The van der Waals surface area contributed by atoms with Crippen molar-refractivity contribution in [2.24, 2.45) is 5.73 Å². The quantitative estimate of drug-likeness (QED) is 0.903. The number of halogens is 2. The topological polar surface area (TPSA) is 44.5 Å². The smallest absolute Gasteiger partial charge is 0.159 e. The van der Waals surface area contributed by atoms with Gasteiger partial charge in [-0.1, -0.05) is 6.07 Å². The van der Waals surface area contributed by atoms with Crippen LogP contribution in [0.1, 0.15) is 25.3 Å². The minimum absolute atomic E-state index is 0.267. The highest BCUT2D eigenvalue weighted by atomic mass is 19.2. The molecule has 0 saturated carbocycles. The summed E-state index contributed by atoms with van der Waals surface area (Å²) in [4.78, 5) is 0. The molecule has 0 amide bonds. The van der Waals surface area contributed by atoms with Crippen LogP contribution >= 0.6 is 0 Å². The Labute approximate surface area is 118 Å². The summed E-state index contributed by atoms with van der Waals surface area (Å²) in [6.07, 6.45) is 1.91. The molecule has 20 heavy (non-hydrogen) atoms. The summed E-state index contributed by atoms with van der Waals surface area (Å²) in [5, 5.41) is 0. The van der Waals surface area contributed by atoms with Crippen LogP contribution in [0.2, 0.25) is 0 Å². The van der Waals surface area contributed by atoms with Crippen LogP contribution in [0.4, 0.5) is 8.78 Å². The van der Waals surface area contributed by atoms with Gasteiger partial charge in [0.2, 0.25) is 0 Å². The Morgan fingerprint density at radius 3 is 2.60 bits per heavy atom. The lowest BCUT2D eigenvalue weighted by Crippen LogP contribution is -2.54. The molecule has 0 radical (unpaired) electrons. The average Bonchev–Trinajstić information content (AvgIpc) is 2.44. The van der Waals surface area contributed by atoms with Crippen LogP contribution in [-0.2, 0) is 15.9 Å². The molecule has 0 aromatic heterocycles. The minimum atomic E-state index is -0.841. The molecule has 2 rings (SSSR count). The van der Waals surface area contributed by atoms with Crippen LogP contribution < -0.4 is 5.73 Å². The van der Waals surface area contributed by atoms with Crippen molar-refractivity contribution < 1.29 is 18.3 Å². The second-order valence-electron chi connectivity index (χ2n) is 5.17. The number of benzene rings is 1. The molecule has 1 aliphatic heterocycles. The minimum Gasteiger partial charge on any atom is -0.381 e. The summed E-state index contributed by atoms with van der Waals surface area (Å²) >= 11 is 0. The first-order chi connectivity index (χ1) is 9.57. The second-order valence-corrected chi connectivity index (χ2v) is 5.17. The van der Waals surface area contributed by atoms with E-state index in [9.17, 15) is 8.78 Å². The summed E-state index contributed by atoms with van der Waals surface area (Å²) in [6, 6.07) is 3.64. The molecule has 2 N–H and O–H groups in total. The van der Waals surface area contributed by atoms with Crippen LogP contribution in [0.3, 0.4) is 0 Å². The van der Waals surface area contributed by atoms with Gasteiger partial charge < -0.3 is 15.2 Å². The molecule has 3 nitrogen and oxygen atoms in total. The van der Waals surface area contributed by atoms with Gasteiger partial charge in [-0.3, -0.25) is 0 Å². The Hall–Kier alpha value is -1.04. The Balaban J connectivity index is 2.11. The Morgan fingerprint density at radius 1 is 1.30 bits per heavy atom. The molecule has 1 unspecified atom stereocenters. The summed E-state index contributed by atoms with van der Waals surface area (Å²) in [6.45, 7) is 3.74. The number of hydrogen-bond donors (Lipinski definition) is 1. The van der Waals surface area contributed by atoms with E-state index in [0.717, 1.165) is 18.9 Å². The Kier molecular flexibility index (Phi) is 5.07. The van der Waals surface area contributed by atoms with Crippen molar-refractivity contribution in [3.63, 3.8) is 0 Å². The van der Waals surface area contributed by atoms with Gasteiger partial charge in [-0.05, 0) is 31.0 Å². The van der Waals surface area contributed by atoms with Crippen LogP contribution in [0.15, 0.2) is 18.2 Å². The van der Waals surface area contributed by atoms with E-state index in [2.05, 4.69) is 0 Å². The number of hydrogen-bond acceptors (Lipinski definition) is 3. The molecule has 0 aliphatic carbocycles. The predicted molar refractivity (Wildman–Crippen MR) is 72.4 cm³/mol. The SMILES string of the molecule is CCOC1(C(N)Cc2ccc(F)c(F)c2)CCOCC1. The molecule has 1 heterocycles. The molecular formula is C15H21F2NO2. The predicted octanol–water partition coefficient (Wildman–Crippen LogP) is 2.42. The van der Waals surface area contributed by atoms with Gasteiger partial charge in [0.25, 0.3) is 0 Å². The van der Waals surface area contributed by atoms with Gasteiger partial charge in [0.15, 0.2) is 11.6 Å². The zero-order valence-corrected chi connectivity index (χ0v) is 11.7. The van der Waals surface area contributed by atoms with E-state index in [4.69, 9.17) is 15.2 Å². The normalized spacial score (nSPS) is 19.8. The largest absolute Gasteiger partial charge is 0.381 e. The van der Waals surface area contributed by atoms with Crippen LogP contribution in [0.5, 0.6) is 0 Å². The van der Waals surface area contributed by atoms with Crippen molar-refractivity contribution in [1.29, 1.82) is 0 Å². The highest BCUT2D eigenvalue weighted by Crippen LogP contribution is 2.30. The van der Waals surface area contributed by atoms with Crippen molar-refractivity contribution in [1.82, 2.24) is 0 Å². The third-order valence-corrected chi connectivity index (χ3v) is 3.89. The first-order valence-corrected chi connectivity index (χ1v) is 6.98. The van der Waals surface area contributed by atoms with Gasteiger partial charge in [0.1, 0.15) is 0 Å². The molecule has 0 bridgehead atoms. The van der Waals surface area contributed by atoms with E-state index < -0.39 is 17.2 Å².